The minimum atomic E-state index is -2.63. The highest BCUT2D eigenvalue weighted by Crippen LogP contribution is 2.76. The van der Waals surface area contributed by atoms with Crippen LogP contribution in [0.25, 0.3) is 0 Å². The lowest BCUT2D eigenvalue weighted by Gasteiger charge is -2.77. The van der Waals surface area contributed by atoms with E-state index in [9.17, 15) is 0 Å². The van der Waals surface area contributed by atoms with Gasteiger partial charge in [-0.25, -0.2) is 0 Å². The number of hydrogen-bond acceptors (Lipinski definition) is 2. The second-order valence-corrected chi connectivity index (χ2v) is 66.5. The molecule has 0 aromatic carbocycles. The molecule has 2 nitrogen and oxygen atoms in total. The van der Waals surface area contributed by atoms with E-state index in [4.69, 9.17) is 8.23 Å². The fraction of sp³-hybridized carbons (Fsp3) is 0.941. The van der Waals surface area contributed by atoms with Gasteiger partial charge in [-0.05, 0) is 168 Å². The Morgan fingerprint density at radius 3 is 0.952 bits per heavy atom. The molecule has 9 rings (SSSR count). The molecular formula is C34H66O2Si6. The quantitative estimate of drug-likeness (QED) is 0.239. The van der Waals surface area contributed by atoms with Gasteiger partial charge in [0.1, 0.15) is 6.63 Å². The van der Waals surface area contributed by atoms with Crippen molar-refractivity contribution in [1.82, 2.24) is 0 Å². The van der Waals surface area contributed by atoms with Crippen molar-refractivity contribution in [2.75, 3.05) is 0 Å². The molecular weight excluding hydrogens is 609 g/mol. The van der Waals surface area contributed by atoms with Gasteiger partial charge in [0.05, 0.1) is 0 Å². The van der Waals surface area contributed by atoms with Crippen LogP contribution in [-0.2, 0) is 8.23 Å². The molecule has 8 aliphatic carbocycles. The molecule has 8 bridgehead atoms. The molecule has 0 N–H and O–H groups in total. The second-order valence-electron chi connectivity index (χ2n) is 21.4. The summed E-state index contributed by atoms with van der Waals surface area (Å²) in [4.78, 5) is 0. The molecule has 9 aliphatic rings. The summed E-state index contributed by atoms with van der Waals surface area (Å²) in [6.07, 6.45) is 18.5. The molecule has 238 valence electrons. The zero-order valence-corrected chi connectivity index (χ0v) is 35.8. The SMILES string of the molecule is C[Si](C)(C)O[Si]1(O[Si](C)(C)C)C(C23CC4CC(CC(C4)C2)C3)=C(C23CC4CC(CC(C4)C2)C3)[Si]1([Si](C)(C)C)[Si](C)(C)C. The summed E-state index contributed by atoms with van der Waals surface area (Å²) < 4.78 is 16.5. The van der Waals surface area contributed by atoms with Gasteiger partial charge in [0.2, 0.25) is 0 Å². The minimum absolute atomic E-state index is 0.439. The molecule has 0 spiro atoms. The molecule has 8 fully saturated rings. The third-order valence-electron chi connectivity index (χ3n) is 13.7. The topological polar surface area (TPSA) is 18.5 Å². The van der Waals surface area contributed by atoms with E-state index in [-0.39, 0.29) is 0 Å². The van der Waals surface area contributed by atoms with Crippen molar-refractivity contribution in [2.45, 2.75) is 156 Å². The zero-order chi connectivity index (χ0) is 30.5. The van der Waals surface area contributed by atoms with E-state index in [1.807, 2.05) is 0 Å². The smallest absolute Gasteiger partial charge is 0.325 e. The molecule has 0 unspecified atom stereocenters. The van der Waals surface area contributed by atoms with E-state index >= 15 is 0 Å². The molecule has 1 heterocycles. The van der Waals surface area contributed by atoms with Crippen LogP contribution in [0.2, 0.25) is 78.6 Å². The third kappa shape index (κ3) is 4.40. The summed E-state index contributed by atoms with van der Waals surface area (Å²) in [5.74, 6) is 6.02. The molecule has 0 aromatic rings. The van der Waals surface area contributed by atoms with Crippen LogP contribution in [0, 0.1) is 46.3 Å². The van der Waals surface area contributed by atoms with Crippen LogP contribution in [0.15, 0.2) is 10.4 Å². The predicted octanol–water partition coefficient (Wildman–Crippen LogP) is 10.3. The summed E-state index contributed by atoms with van der Waals surface area (Å²) in [5, 5.41) is 4.34. The van der Waals surface area contributed by atoms with Gasteiger partial charge in [0, 0.05) is 15.2 Å². The lowest BCUT2D eigenvalue weighted by Crippen LogP contribution is -2.97. The standard InChI is InChI=1S/C34H66O2Si6/c1-37(2,3)35-41(36-38(4,5)6)31(33-19-25-13-26(20-33)15-27(14-25)21-33)32(42(41,39(7,8)9)40(10,11)12)34-22-28-16-29(23-34)18-30(17-28)24-34/h25-30H,13-24H2,1-12H3. The molecule has 0 amide bonds. The van der Waals surface area contributed by atoms with E-state index in [0.29, 0.717) is 10.8 Å². The molecule has 0 radical (unpaired) electrons. The maximum atomic E-state index is 8.27. The zero-order valence-electron chi connectivity index (χ0n) is 29.8. The Hall–Kier alpha value is 0.961. The second kappa shape index (κ2) is 9.31. The summed E-state index contributed by atoms with van der Waals surface area (Å²) in [6.45, 7) is 30.4. The van der Waals surface area contributed by atoms with Crippen LogP contribution in [0.3, 0.4) is 0 Å². The average molecular weight is 675 g/mol. The van der Waals surface area contributed by atoms with Gasteiger partial charge < -0.3 is 8.23 Å². The lowest BCUT2D eigenvalue weighted by molar-refractivity contribution is -0.0411. The van der Waals surface area contributed by atoms with Gasteiger partial charge in [0.15, 0.2) is 16.6 Å². The highest BCUT2D eigenvalue weighted by atomic mass is 29.9. The van der Waals surface area contributed by atoms with Crippen LogP contribution < -0.4 is 0 Å². The Balaban J connectivity index is 1.59. The van der Waals surface area contributed by atoms with E-state index in [1.54, 1.807) is 57.8 Å². The highest BCUT2D eigenvalue weighted by Gasteiger charge is 2.86. The first-order valence-electron chi connectivity index (χ1n) is 18.3. The molecule has 0 saturated heterocycles. The molecule has 0 aromatic heterocycles. The maximum Gasteiger partial charge on any atom is 0.325 e. The number of allylic oxidation sites excluding steroid dienone is 2. The van der Waals surface area contributed by atoms with E-state index in [0.717, 1.165) is 35.5 Å². The maximum absolute atomic E-state index is 8.27. The van der Waals surface area contributed by atoms with Crippen LogP contribution in [0.1, 0.15) is 77.0 Å². The number of rotatable bonds is 8. The normalized spacial score (nSPS) is 43.7. The molecule has 8 heteroatoms. The first-order chi connectivity index (χ1) is 19.1. The third-order valence-corrected chi connectivity index (χ3v) is 83.9. The van der Waals surface area contributed by atoms with Crippen molar-refractivity contribution in [3.63, 3.8) is 0 Å². The summed E-state index contributed by atoms with van der Waals surface area (Å²) >= 11 is 0. The fourth-order valence-electron chi connectivity index (χ4n) is 14.8. The van der Waals surface area contributed by atoms with Crippen LogP contribution >= 0.6 is 0 Å². The number of hydrogen-bond donors (Lipinski definition) is 0. The van der Waals surface area contributed by atoms with Crippen molar-refractivity contribution >= 4 is 46.5 Å². The first kappa shape index (κ1) is 31.6. The van der Waals surface area contributed by atoms with Crippen LogP contribution in [-0.4, -0.2) is 46.5 Å². The summed E-state index contributed by atoms with van der Waals surface area (Å²) in [6, 6.07) is 0. The Kier molecular flexibility index (Phi) is 6.99. The summed E-state index contributed by atoms with van der Waals surface area (Å²) in [5.41, 5.74) is 0.969. The van der Waals surface area contributed by atoms with Gasteiger partial charge in [-0.1, -0.05) is 44.5 Å². The molecule has 0 atom stereocenters. The largest absolute Gasteiger partial charge is 0.436 e. The average Bonchev–Trinajstić information content (AvgIpc) is 2.71. The fourth-order valence-corrected chi connectivity index (χ4v) is 113. The van der Waals surface area contributed by atoms with Gasteiger partial charge in [-0.15, -0.1) is 0 Å². The molecule has 42 heavy (non-hydrogen) atoms. The monoisotopic (exact) mass is 674 g/mol. The van der Waals surface area contributed by atoms with Crippen molar-refractivity contribution in [1.29, 1.82) is 0 Å². The van der Waals surface area contributed by atoms with Crippen molar-refractivity contribution in [3.05, 3.63) is 10.4 Å². The lowest BCUT2D eigenvalue weighted by atomic mass is 9.47. The molecule has 1 aliphatic heterocycles. The van der Waals surface area contributed by atoms with Crippen molar-refractivity contribution in [2.24, 2.45) is 46.3 Å². The Morgan fingerprint density at radius 2 is 0.714 bits per heavy atom. The highest BCUT2D eigenvalue weighted by molar-refractivity contribution is 7.93. The minimum Gasteiger partial charge on any atom is -0.436 e. The Bertz CT molecular complexity index is 1060. The van der Waals surface area contributed by atoms with Gasteiger partial charge in [0.25, 0.3) is 0 Å². The van der Waals surface area contributed by atoms with E-state index < -0.39 is 46.5 Å². The Labute approximate surface area is 265 Å². The van der Waals surface area contributed by atoms with Crippen molar-refractivity contribution < 1.29 is 8.23 Å². The van der Waals surface area contributed by atoms with Crippen LogP contribution in [0.5, 0.6) is 0 Å². The van der Waals surface area contributed by atoms with Gasteiger partial charge >= 0.3 is 8.08 Å². The first-order valence-corrected chi connectivity index (χ1v) is 38.9. The van der Waals surface area contributed by atoms with E-state index in [2.05, 4.69) is 89.0 Å². The van der Waals surface area contributed by atoms with Crippen LogP contribution in [0.4, 0.5) is 0 Å². The van der Waals surface area contributed by atoms with E-state index in [1.165, 1.54) is 19.3 Å². The van der Waals surface area contributed by atoms with Crippen molar-refractivity contribution in [3.8, 4) is 0 Å². The predicted molar refractivity (Wildman–Crippen MR) is 195 cm³/mol. The molecule has 8 saturated carbocycles. The van der Waals surface area contributed by atoms with Gasteiger partial charge in [-0.2, -0.15) is 0 Å². The van der Waals surface area contributed by atoms with Gasteiger partial charge in [-0.3, -0.25) is 0 Å². The summed E-state index contributed by atoms with van der Waals surface area (Å²) in [7, 11) is -9.72. The Morgan fingerprint density at radius 1 is 0.452 bits per heavy atom.